The molecule has 12 aromatic rings. The van der Waals surface area contributed by atoms with Gasteiger partial charge in [-0.25, -0.2) is 0 Å². The third-order valence-corrected chi connectivity index (χ3v) is 11.0. The monoisotopic (exact) mass is 897 g/mol. The number of fused-ring (bicyclic) bond motifs is 3. The molecule has 1 aromatic heterocycles. The number of rotatable bonds is 10. The first kappa shape index (κ1) is 19.9. The second-order valence-corrected chi connectivity index (χ2v) is 15.0. The molecule has 0 aliphatic rings. The summed E-state index contributed by atoms with van der Waals surface area (Å²) >= 11 is 0. The first-order valence-corrected chi connectivity index (χ1v) is 20.9. The van der Waals surface area contributed by atoms with Crippen molar-refractivity contribution in [2.24, 2.45) is 0 Å². The molecular weight excluding hydrogens is 821 g/mol. The van der Waals surface area contributed by atoms with Gasteiger partial charge in [-0.3, -0.25) is 0 Å². The fourth-order valence-corrected chi connectivity index (χ4v) is 7.84. The van der Waals surface area contributed by atoms with Gasteiger partial charge in [-0.2, -0.15) is 0 Å². The molecule has 0 radical (unpaired) electrons. The Morgan fingerprint density at radius 2 is 0.706 bits per heavy atom. The molecule has 0 bridgehead atoms. The molecule has 0 fully saturated rings. The zero-order chi connectivity index (χ0) is 71.3. The van der Waals surface area contributed by atoms with Crippen LogP contribution in [0.15, 0.2) is 278 Å². The number of hydrogen-bond donors (Lipinski definition) is 0. The van der Waals surface area contributed by atoms with Crippen LogP contribution in [-0.4, -0.2) is 4.57 Å². The van der Waals surface area contributed by atoms with Gasteiger partial charge in [-0.1, -0.05) is 212 Å². The van der Waals surface area contributed by atoms with Crippen LogP contribution in [0.25, 0.3) is 94.3 Å². The minimum Gasteiger partial charge on any atom is -0.311 e. The summed E-state index contributed by atoms with van der Waals surface area (Å²) in [5.74, 6) is 0. The lowest BCUT2D eigenvalue weighted by Gasteiger charge is -2.26. The van der Waals surface area contributed by atoms with E-state index in [1.165, 1.54) is 0 Å². The van der Waals surface area contributed by atoms with Crippen LogP contribution in [0.2, 0.25) is 0 Å². The summed E-state index contributed by atoms with van der Waals surface area (Å²) < 4.78 is 276. The maximum absolute atomic E-state index is 9.89. The molecule has 2 nitrogen and oxygen atoms in total. The molecule has 0 N–H and O–H groups in total. The van der Waals surface area contributed by atoms with Crippen LogP contribution >= 0.6 is 0 Å². The van der Waals surface area contributed by atoms with E-state index in [4.69, 9.17) is 20.6 Å². The summed E-state index contributed by atoms with van der Waals surface area (Å²) in [5, 5.41) is 1.32. The molecule has 0 atom stereocenters. The van der Waals surface area contributed by atoms with Crippen LogP contribution in [-0.2, 0) is 0 Å². The summed E-state index contributed by atoms with van der Waals surface area (Å²) in [5.41, 5.74) is -6.46. The van der Waals surface area contributed by atoms with Gasteiger partial charge in [0.1, 0.15) is 0 Å². The Balaban J connectivity index is 1.14. The Bertz CT molecular complexity index is 5360. The highest BCUT2D eigenvalue weighted by Crippen LogP contribution is 2.41. The quantitative estimate of drug-likeness (QED) is 0.133. The number of para-hydroxylation sites is 1. The lowest BCUT2D eigenvalue weighted by Crippen LogP contribution is -2.09. The maximum atomic E-state index is 9.89. The lowest BCUT2D eigenvalue weighted by molar-refractivity contribution is 1.18. The first-order valence-electron chi connectivity index (χ1n) is 35.9. The average Bonchev–Trinajstić information content (AvgIpc) is 0.797. The Hall–Kier alpha value is -8.98. The topological polar surface area (TPSA) is 8.17 Å². The molecule has 0 aliphatic carbocycles. The lowest BCUT2D eigenvalue weighted by atomic mass is 9.94. The number of aromatic nitrogens is 1. The predicted molar refractivity (Wildman–Crippen MR) is 288 cm³/mol. The molecule has 0 spiro atoms. The SMILES string of the molecule is [2H]c1c([2H])c([2H])c(-c2c([2H])c([2H])c(-c3c([2H])c([2H])c(N(c4c([2H])c([2H])c(-c5ccc6c(c5)c5ccccc5n6-c5cccc(-c6ccccc6)c5)c([2H])c4[2H])c4c([2H])c([2H])c(-c5c([2H])c([2H])c([2H])c([2H])c5-c5c([2H])c([2H])c([2H])c([2H])c5[2H])c([2H])c4[2H])c([2H])c3[2H])c([2H])c2[2H])c([2H])c1[2H]. The Morgan fingerprint density at radius 1 is 0.279 bits per heavy atom. The molecule has 320 valence electrons. The standard InChI is InChI=1S/C66H46N2/c1-4-15-47(16-5-1)49-27-29-50(30-28-49)51-31-38-57(39-32-51)67(59-42-35-54(36-43-59)62-24-11-10-23-61(62)53-19-8-3-9-20-53)58-40-33-52(34-41-58)56-37-44-66-64(46-56)63-25-12-13-26-65(63)68(66)60-22-14-21-55(45-60)48-17-6-2-7-18-48/h1-46H/i1D,3D,4D,5D,8D,9D,10D,11D,15D,16D,19D,20D,23D,24D,27D,28D,29D,30D,31D,32D,33D,34D,35D,36D,38D,39D,40D,41D,42D,43D. The van der Waals surface area contributed by atoms with Crippen molar-refractivity contribution >= 4 is 38.9 Å². The minimum atomic E-state index is -1.29. The number of nitrogens with zero attached hydrogens (tertiary/aromatic N) is 2. The van der Waals surface area contributed by atoms with Crippen LogP contribution in [0.3, 0.4) is 0 Å². The first-order chi connectivity index (χ1) is 46.2. The van der Waals surface area contributed by atoms with Gasteiger partial charge in [0.15, 0.2) is 0 Å². The van der Waals surface area contributed by atoms with E-state index >= 15 is 0 Å². The van der Waals surface area contributed by atoms with Crippen molar-refractivity contribution in [3.8, 4) is 72.4 Å². The molecule has 0 amide bonds. The van der Waals surface area contributed by atoms with Crippen molar-refractivity contribution in [1.82, 2.24) is 4.57 Å². The molecule has 68 heavy (non-hydrogen) atoms. The van der Waals surface area contributed by atoms with Crippen LogP contribution < -0.4 is 4.90 Å². The molecule has 0 saturated carbocycles. The van der Waals surface area contributed by atoms with Gasteiger partial charge < -0.3 is 9.47 Å². The molecular formula is C66H46N2. The van der Waals surface area contributed by atoms with Crippen molar-refractivity contribution in [2.75, 3.05) is 4.90 Å². The highest BCUT2D eigenvalue weighted by atomic mass is 15.1. The van der Waals surface area contributed by atoms with Crippen LogP contribution in [0.4, 0.5) is 17.1 Å². The highest BCUT2D eigenvalue weighted by Gasteiger charge is 2.17. The smallest absolute Gasteiger partial charge is 0.0645 e. The Kier molecular flexibility index (Phi) is 5.19. The molecule has 0 unspecified atom stereocenters. The number of anilines is 3. The predicted octanol–water partition coefficient (Wildman–Crippen LogP) is 18.3. The fourth-order valence-electron chi connectivity index (χ4n) is 7.84. The average molecular weight is 897 g/mol. The third-order valence-electron chi connectivity index (χ3n) is 11.0. The molecule has 1 heterocycles. The summed E-state index contributed by atoms with van der Waals surface area (Å²) in [4.78, 5) is 0.396. The van der Waals surface area contributed by atoms with Gasteiger partial charge in [0.25, 0.3) is 0 Å². The summed E-state index contributed by atoms with van der Waals surface area (Å²) in [6.07, 6.45) is 0. The third kappa shape index (κ3) is 7.74. The number of hydrogen-bond acceptors (Lipinski definition) is 1. The van der Waals surface area contributed by atoms with E-state index in [2.05, 4.69) is 0 Å². The van der Waals surface area contributed by atoms with Gasteiger partial charge in [0.2, 0.25) is 0 Å². The van der Waals surface area contributed by atoms with Crippen molar-refractivity contribution in [3.05, 3.63) is 278 Å². The summed E-state index contributed by atoms with van der Waals surface area (Å²) in [6, 6.07) is -1.64. The van der Waals surface area contributed by atoms with E-state index in [9.17, 15) is 20.6 Å². The zero-order valence-corrected chi connectivity index (χ0v) is 35.1. The van der Waals surface area contributed by atoms with Crippen LogP contribution in [0.5, 0.6) is 0 Å². The largest absolute Gasteiger partial charge is 0.311 e. The van der Waals surface area contributed by atoms with E-state index in [1.54, 1.807) is 18.2 Å². The Labute approximate surface area is 440 Å². The van der Waals surface area contributed by atoms with Crippen LogP contribution in [0.1, 0.15) is 41.1 Å². The van der Waals surface area contributed by atoms with Crippen LogP contribution in [0, 0.1) is 0 Å². The molecule has 0 saturated heterocycles. The van der Waals surface area contributed by atoms with Gasteiger partial charge in [-0.05, 0) is 133 Å². The van der Waals surface area contributed by atoms with Gasteiger partial charge in [0.05, 0.1) is 52.2 Å². The maximum Gasteiger partial charge on any atom is 0.0645 e. The van der Waals surface area contributed by atoms with E-state index < -0.39 is 243 Å². The van der Waals surface area contributed by atoms with Crippen molar-refractivity contribution in [3.63, 3.8) is 0 Å². The minimum absolute atomic E-state index is 0.121. The van der Waals surface area contributed by atoms with Gasteiger partial charge in [-0.15, -0.1) is 0 Å². The molecule has 0 aliphatic heterocycles. The summed E-state index contributed by atoms with van der Waals surface area (Å²) in [6.45, 7) is 0. The van der Waals surface area contributed by atoms with Gasteiger partial charge in [0, 0.05) is 33.5 Å². The normalized spacial score (nSPS) is 17.4. The highest BCUT2D eigenvalue weighted by molar-refractivity contribution is 6.10. The van der Waals surface area contributed by atoms with E-state index in [0.717, 1.165) is 27.7 Å². The van der Waals surface area contributed by atoms with Crippen molar-refractivity contribution in [1.29, 1.82) is 0 Å². The molecule has 12 rings (SSSR count). The van der Waals surface area contributed by atoms with E-state index in [-0.39, 0.29) is 11.1 Å². The zero-order valence-electron chi connectivity index (χ0n) is 65.1. The Morgan fingerprint density at radius 3 is 1.31 bits per heavy atom. The number of benzene rings is 11. The van der Waals surface area contributed by atoms with Crippen molar-refractivity contribution in [2.45, 2.75) is 0 Å². The molecule has 11 aromatic carbocycles. The van der Waals surface area contributed by atoms with E-state index in [0.29, 0.717) is 15.8 Å². The summed E-state index contributed by atoms with van der Waals surface area (Å²) in [7, 11) is 0. The van der Waals surface area contributed by atoms with Crippen molar-refractivity contribution < 1.29 is 41.1 Å². The molecule has 2 heteroatoms. The van der Waals surface area contributed by atoms with Gasteiger partial charge >= 0.3 is 0 Å². The second kappa shape index (κ2) is 17.8. The van der Waals surface area contributed by atoms with E-state index in [1.807, 2.05) is 83.4 Å². The fraction of sp³-hybridized carbons (Fsp3) is 0. The second-order valence-electron chi connectivity index (χ2n) is 15.0.